The minimum Gasteiger partial charge on any atom is -0.497 e. The number of nitrogens with zero attached hydrogens (tertiary/aromatic N) is 5. The van der Waals surface area contributed by atoms with Crippen molar-refractivity contribution in [3.63, 3.8) is 0 Å². The average Bonchev–Trinajstić information content (AvgIpc) is 2.90. The molecule has 0 atom stereocenters. The van der Waals surface area contributed by atoms with Crippen LogP contribution in [0.3, 0.4) is 0 Å². The van der Waals surface area contributed by atoms with Crippen molar-refractivity contribution in [2.75, 3.05) is 51.3 Å². The summed E-state index contributed by atoms with van der Waals surface area (Å²) in [5.41, 5.74) is 0.972. The Hall–Kier alpha value is -3.39. The number of piperazine rings is 1. The van der Waals surface area contributed by atoms with Crippen LogP contribution in [0.4, 0.5) is 5.82 Å². The van der Waals surface area contributed by atoms with Crippen LogP contribution in [0.5, 0.6) is 11.5 Å². The number of methoxy groups -OCH3 is 1. The van der Waals surface area contributed by atoms with Crippen molar-refractivity contribution in [3.8, 4) is 11.5 Å². The van der Waals surface area contributed by atoms with Gasteiger partial charge in [-0.25, -0.2) is 9.97 Å². The van der Waals surface area contributed by atoms with E-state index in [0.29, 0.717) is 0 Å². The number of carbonyl (C=O) groups is 1. The molecule has 8 nitrogen and oxygen atoms in total. The monoisotopic (exact) mass is 475 g/mol. The predicted octanol–water partition coefficient (Wildman–Crippen LogP) is 3.35. The molecule has 0 aliphatic carbocycles. The van der Waals surface area contributed by atoms with Gasteiger partial charge in [-0.2, -0.15) is 0 Å². The summed E-state index contributed by atoms with van der Waals surface area (Å²) in [7, 11) is 1.67. The highest BCUT2D eigenvalue weighted by atomic mass is 16.5. The molecule has 0 spiro atoms. The molecular formula is C27H33N5O3. The van der Waals surface area contributed by atoms with E-state index in [1.54, 1.807) is 14.0 Å². The van der Waals surface area contributed by atoms with E-state index in [9.17, 15) is 4.79 Å². The van der Waals surface area contributed by atoms with Gasteiger partial charge in [-0.3, -0.25) is 9.69 Å². The highest BCUT2D eigenvalue weighted by molar-refractivity contribution is 5.89. The van der Waals surface area contributed by atoms with Gasteiger partial charge in [0.2, 0.25) is 5.91 Å². The number of ether oxygens (including phenoxy) is 2. The molecule has 3 aromatic rings. The number of likely N-dealkylation sites (tertiary alicyclic amines) is 1. The molecule has 0 N–H and O–H groups in total. The van der Waals surface area contributed by atoms with Crippen LogP contribution < -0.4 is 14.4 Å². The minimum atomic E-state index is 0.136. The number of anilines is 1. The quantitative estimate of drug-likeness (QED) is 0.541. The Labute approximate surface area is 206 Å². The molecule has 2 aromatic carbocycles. The number of benzene rings is 2. The van der Waals surface area contributed by atoms with E-state index in [4.69, 9.17) is 19.4 Å². The maximum atomic E-state index is 11.7. The third kappa shape index (κ3) is 5.48. The van der Waals surface area contributed by atoms with Crippen LogP contribution in [0.2, 0.25) is 0 Å². The SMILES string of the molecule is COc1ccc(OC2CCN(Cc3nc(N4CCN(C(C)=O)CC4)c4ccccc4n3)CC2)cc1. The van der Waals surface area contributed by atoms with Gasteiger partial charge in [0.05, 0.1) is 19.2 Å². The molecule has 5 rings (SSSR count). The predicted molar refractivity (Wildman–Crippen MR) is 136 cm³/mol. The Morgan fingerprint density at radius 1 is 0.914 bits per heavy atom. The molecule has 1 amide bonds. The number of amides is 1. The van der Waals surface area contributed by atoms with Crippen molar-refractivity contribution in [2.24, 2.45) is 0 Å². The van der Waals surface area contributed by atoms with Crippen molar-refractivity contribution in [1.29, 1.82) is 0 Å². The van der Waals surface area contributed by atoms with Gasteiger partial charge in [0, 0.05) is 51.6 Å². The molecule has 184 valence electrons. The fourth-order valence-electron chi connectivity index (χ4n) is 4.88. The number of piperidine rings is 1. The van der Waals surface area contributed by atoms with Crippen LogP contribution in [0, 0.1) is 0 Å². The van der Waals surface area contributed by atoms with Crippen molar-refractivity contribution >= 4 is 22.6 Å². The number of aromatic nitrogens is 2. The summed E-state index contributed by atoms with van der Waals surface area (Å²) in [6, 6.07) is 16.0. The van der Waals surface area contributed by atoms with Crippen LogP contribution in [0.15, 0.2) is 48.5 Å². The van der Waals surface area contributed by atoms with E-state index in [0.717, 1.165) is 92.7 Å². The fraction of sp³-hybridized carbons (Fsp3) is 0.444. The number of rotatable bonds is 6. The Balaban J connectivity index is 1.24. The Morgan fingerprint density at radius 2 is 1.60 bits per heavy atom. The van der Waals surface area contributed by atoms with Crippen LogP contribution >= 0.6 is 0 Å². The lowest BCUT2D eigenvalue weighted by Gasteiger charge is -2.35. The van der Waals surface area contributed by atoms with Crippen molar-refractivity contribution in [1.82, 2.24) is 19.8 Å². The molecule has 35 heavy (non-hydrogen) atoms. The number of carbonyl (C=O) groups excluding carboxylic acids is 1. The van der Waals surface area contributed by atoms with Crippen LogP contribution in [-0.4, -0.2) is 78.2 Å². The topological polar surface area (TPSA) is 71.0 Å². The Bertz CT molecular complexity index is 1150. The van der Waals surface area contributed by atoms with E-state index < -0.39 is 0 Å². The summed E-state index contributed by atoms with van der Waals surface area (Å²) < 4.78 is 11.4. The van der Waals surface area contributed by atoms with Crippen molar-refractivity contribution < 1.29 is 14.3 Å². The summed E-state index contributed by atoms with van der Waals surface area (Å²) in [4.78, 5) is 28.3. The molecule has 0 unspecified atom stereocenters. The normalized spacial score (nSPS) is 17.5. The van der Waals surface area contributed by atoms with Crippen LogP contribution in [0.1, 0.15) is 25.6 Å². The molecule has 0 bridgehead atoms. The zero-order valence-electron chi connectivity index (χ0n) is 20.5. The third-order valence-corrected chi connectivity index (χ3v) is 6.92. The lowest BCUT2D eigenvalue weighted by molar-refractivity contribution is -0.129. The van der Waals surface area contributed by atoms with Gasteiger partial charge >= 0.3 is 0 Å². The average molecular weight is 476 g/mol. The van der Waals surface area contributed by atoms with Gasteiger partial charge in [0.25, 0.3) is 0 Å². The first-order chi connectivity index (χ1) is 17.1. The highest BCUT2D eigenvalue weighted by Gasteiger charge is 2.24. The number of hydrogen-bond acceptors (Lipinski definition) is 7. The maximum Gasteiger partial charge on any atom is 0.219 e. The molecule has 2 aliphatic heterocycles. The summed E-state index contributed by atoms with van der Waals surface area (Å²) >= 11 is 0. The number of para-hydroxylation sites is 1. The van der Waals surface area contributed by atoms with Crippen LogP contribution in [-0.2, 0) is 11.3 Å². The van der Waals surface area contributed by atoms with Gasteiger partial charge < -0.3 is 19.3 Å². The first-order valence-corrected chi connectivity index (χ1v) is 12.4. The van der Waals surface area contributed by atoms with E-state index in [2.05, 4.69) is 21.9 Å². The largest absolute Gasteiger partial charge is 0.497 e. The van der Waals surface area contributed by atoms with Gasteiger partial charge in [-0.05, 0) is 49.2 Å². The lowest BCUT2D eigenvalue weighted by Crippen LogP contribution is -2.48. The van der Waals surface area contributed by atoms with E-state index in [-0.39, 0.29) is 12.0 Å². The first kappa shape index (κ1) is 23.4. The molecule has 8 heteroatoms. The summed E-state index contributed by atoms with van der Waals surface area (Å²) in [5.74, 6) is 3.69. The molecule has 3 heterocycles. The van der Waals surface area contributed by atoms with Gasteiger partial charge in [-0.15, -0.1) is 0 Å². The minimum absolute atomic E-state index is 0.136. The van der Waals surface area contributed by atoms with E-state index in [1.165, 1.54) is 0 Å². The standard InChI is InChI=1S/C27H33N5O3/c1-20(33)31-15-17-32(18-16-31)27-24-5-3-4-6-25(24)28-26(29-27)19-30-13-11-23(12-14-30)35-22-9-7-21(34-2)8-10-22/h3-10,23H,11-19H2,1-2H3. The third-order valence-electron chi connectivity index (χ3n) is 6.92. The zero-order chi connectivity index (χ0) is 24.2. The zero-order valence-corrected chi connectivity index (χ0v) is 20.5. The Morgan fingerprint density at radius 3 is 2.29 bits per heavy atom. The molecule has 2 saturated heterocycles. The molecule has 0 radical (unpaired) electrons. The van der Waals surface area contributed by atoms with E-state index in [1.807, 2.05) is 41.3 Å². The van der Waals surface area contributed by atoms with Gasteiger partial charge in [0.15, 0.2) is 0 Å². The molecule has 2 fully saturated rings. The number of fused-ring (bicyclic) bond motifs is 1. The maximum absolute atomic E-state index is 11.7. The second kappa shape index (κ2) is 10.5. The second-order valence-corrected chi connectivity index (χ2v) is 9.24. The summed E-state index contributed by atoms with van der Waals surface area (Å²) in [6.45, 7) is 7.28. The van der Waals surface area contributed by atoms with E-state index >= 15 is 0 Å². The highest BCUT2D eigenvalue weighted by Crippen LogP contribution is 2.26. The second-order valence-electron chi connectivity index (χ2n) is 9.24. The molecule has 0 saturated carbocycles. The summed E-state index contributed by atoms with van der Waals surface area (Å²) in [6.07, 6.45) is 2.16. The van der Waals surface area contributed by atoms with Crippen molar-refractivity contribution in [2.45, 2.75) is 32.4 Å². The Kier molecular flexibility index (Phi) is 6.99. The smallest absolute Gasteiger partial charge is 0.219 e. The first-order valence-electron chi connectivity index (χ1n) is 12.4. The molecular weight excluding hydrogens is 442 g/mol. The fourth-order valence-corrected chi connectivity index (χ4v) is 4.88. The lowest BCUT2D eigenvalue weighted by atomic mass is 10.1. The van der Waals surface area contributed by atoms with Crippen LogP contribution in [0.25, 0.3) is 10.9 Å². The van der Waals surface area contributed by atoms with Gasteiger partial charge in [-0.1, -0.05) is 12.1 Å². The summed E-state index contributed by atoms with van der Waals surface area (Å²) in [5, 5.41) is 1.07. The molecule has 1 aromatic heterocycles. The number of hydrogen-bond donors (Lipinski definition) is 0. The van der Waals surface area contributed by atoms with Gasteiger partial charge in [0.1, 0.15) is 29.2 Å². The molecule has 2 aliphatic rings. The van der Waals surface area contributed by atoms with Crippen molar-refractivity contribution in [3.05, 3.63) is 54.4 Å².